The normalized spacial score (nSPS) is 24.7. The Labute approximate surface area is 341 Å². The number of rotatable bonds is 6. The first kappa shape index (κ1) is 33.9. The van der Waals surface area contributed by atoms with E-state index in [2.05, 4.69) is 171 Å². The topological polar surface area (TPSA) is 3.24 Å². The van der Waals surface area contributed by atoms with Crippen LogP contribution in [-0.2, 0) is 17.3 Å². The standard InChI is InChI=1S/C55H49NS/c1-4-5-16-39(33-36-15-12-23-46-51(36)41-18-7-10-21-44(41)55(46)37-29-34-28-35(31-37)32-38(55)30-34)56(48-25-14-27-50-53(48)42-19-8-11-26-49(42)57-50)47-24-13-22-45-52(47)40-17-6-9-20-43(40)54(45,2)3/h4-27,34-35,37-38H,28-33H2,1-3H3/b5-4-,39-16+. The Balaban J connectivity index is 1.11. The minimum atomic E-state index is -0.0984. The van der Waals surface area contributed by atoms with Crippen molar-refractivity contribution in [2.45, 2.75) is 70.1 Å². The second-order valence-corrected chi connectivity index (χ2v) is 19.5. The highest BCUT2D eigenvalue weighted by atomic mass is 32.1. The van der Waals surface area contributed by atoms with Crippen molar-refractivity contribution in [1.29, 1.82) is 0 Å². The van der Waals surface area contributed by atoms with Crippen molar-refractivity contribution >= 4 is 42.9 Å². The van der Waals surface area contributed by atoms with Crippen LogP contribution in [0.25, 0.3) is 42.4 Å². The van der Waals surface area contributed by atoms with Gasteiger partial charge in [-0.05, 0) is 138 Å². The van der Waals surface area contributed by atoms with Crippen LogP contribution in [0.2, 0.25) is 0 Å². The highest BCUT2D eigenvalue weighted by Crippen LogP contribution is 2.69. The van der Waals surface area contributed by atoms with Crippen molar-refractivity contribution in [3.8, 4) is 22.3 Å². The molecule has 1 heterocycles. The largest absolute Gasteiger partial charge is 0.313 e. The van der Waals surface area contributed by atoms with Crippen molar-refractivity contribution in [1.82, 2.24) is 0 Å². The smallest absolute Gasteiger partial charge is 0.0551 e. The molecule has 6 aliphatic rings. The molecule has 7 aromatic rings. The Bertz CT molecular complexity index is 2820. The van der Waals surface area contributed by atoms with E-state index >= 15 is 0 Å². The van der Waals surface area contributed by atoms with Gasteiger partial charge in [0, 0.05) is 48.7 Å². The van der Waals surface area contributed by atoms with Crippen molar-refractivity contribution in [3.63, 3.8) is 0 Å². The minimum absolute atomic E-state index is 0.0984. The fourth-order valence-corrected chi connectivity index (χ4v) is 14.5. The number of hydrogen-bond acceptors (Lipinski definition) is 2. The van der Waals surface area contributed by atoms with Gasteiger partial charge < -0.3 is 4.90 Å². The summed E-state index contributed by atoms with van der Waals surface area (Å²) >= 11 is 1.91. The van der Waals surface area contributed by atoms with Crippen molar-refractivity contribution in [2.75, 3.05) is 4.90 Å². The Hall–Kier alpha value is -5.18. The van der Waals surface area contributed by atoms with Gasteiger partial charge in [0.05, 0.1) is 11.4 Å². The molecule has 1 nitrogen and oxygen atoms in total. The quantitative estimate of drug-likeness (QED) is 0.153. The van der Waals surface area contributed by atoms with Gasteiger partial charge in [-0.25, -0.2) is 0 Å². The van der Waals surface area contributed by atoms with Gasteiger partial charge in [-0.1, -0.05) is 129 Å². The summed E-state index contributed by atoms with van der Waals surface area (Å²) in [5.41, 5.74) is 17.1. The average molecular weight is 756 g/mol. The third-order valence-electron chi connectivity index (χ3n) is 15.3. The molecule has 1 aromatic heterocycles. The van der Waals surface area contributed by atoms with E-state index in [1.165, 1.54) is 108 Å². The maximum atomic E-state index is 2.66. The summed E-state index contributed by atoms with van der Waals surface area (Å²) in [4.78, 5) is 2.66. The molecule has 6 aliphatic carbocycles. The number of fused-ring (bicyclic) bond motifs is 9. The molecule has 280 valence electrons. The van der Waals surface area contributed by atoms with Gasteiger partial charge in [-0.3, -0.25) is 0 Å². The molecular formula is C55H49NS. The Kier molecular flexibility index (Phi) is 7.38. The highest BCUT2D eigenvalue weighted by Gasteiger charge is 2.61. The van der Waals surface area contributed by atoms with Crippen LogP contribution in [0.1, 0.15) is 80.7 Å². The first-order valence-electron chi connectivity index (χ1n) is 21.4. The molecule has 2 heteroatoms. The van der Waals surface area contributed by atoms with Crippen LogP contribution >= 0.6 is 11.3 Å². The van der Waals surface area contributed by atoms with E-state index in [1.54, 1.807) is 11.1 Å². The molecule has 4 fully saturated rings. The van der Waals surface area contributed by atoms with Crippen LogP contribution < -0.4 is 4.90 Å². The number of thiophene rings is 1. The molecule has 1 spiro atoms. The second-order valence-electron chi connectivity index (χ2n) is 18.4. The first-order valence-corrected chi connectivity index (χ1v) is 22.3. The molecule has 0 radical (unpaired) electrons. The number of anilines is 2. The van der Waals surface area contributed by atoms with Gasteiger partial charge in [0.15, 0.2) is 0 Å². The monoisotopic (exact) mass is 755 g/mol. The van der Waals surface area contributed by atoms with E-state index in [0.717, 1.165) is 30.1 Å². The van der Waals surface area contributed by atoms with E-state index < -0.39 is 0 Å². The Morgan fingerprint density at radius 2 is 1.23 bits per heavy atom. The molecule has 0 aliphatic heterocycles. The SMILES string of the molecule is C/C=C\C=C(/Cc1cccc2c1-c1ccccc1C21C2CC3CC(C2)CC1C3)N(c1cccc2c1-c1ccccc1C2(C)C)c1cccc2sc3ccccc3c12. The van der Waals surface area contributed by atoms with E-state index in [4.69, 9.17) is 0 Å². The van der Waals surface area contributed by atoms with Gasteiger partial charge in [-0.2, -0.15) is 0 Å². The van der Waals surface area contributed by atoms with Gasteiger partial charge in [0.1, 0.15) is 0 Å². The number of benzene rings is 6. The number of hydrogen-bond donors (Lipinski definition) is 0. The maximum absolute atomic E-state index is 2.66. The molecule has 0 unspecified atom stereocenters. The molecule has 0 amide bonds. The first-order chi connectivity index (χ1) is 28.0. The predicted octanol–water partition coefficient (Wildman–Crippen LogP) is 14.9. The lowest BCUT2D eigenvalue weighted by molar-refractivity contribution is -0.0399. The van der Waals surface area contributed by atoms with Crippen LogP contribution in [0.15, 0.2) is 151 Å². The van der Waals surface area contributed by atoms with E-state index in [-0.39, 0.29) is 10.8 Å². The summed E-state index contributed by atoms with van der Waals surface area (Å²) in [6, 6.07) is 49.2. The summed E-state index contributed by atoms with van der Waals surface area (Å²) in [5.74, 6) is 3.36. The Morgan fingerprint density at radius 1 is 0.614 bits per heavy atom. The maximum Gasteiger partial charge on any atom is 0.0551 e. The summed E-state index contributed by atoms with van der Waals surface area (Å²) in [6.07, 6.45) is 14.8. The second kappa shape index (κ2) is 12.4. The van der Waals surface area contributed by atoms with Crippen LogP contribution in [0.4, 0.5) is 11.4 Å². The Morgan fingerprint density at radius 3 is 2.02 bits per heavy atom. The molecule has 4 bridgehead atoms. The van der Waals surface area contributed by atoms with E-state index in [0.29, 0.717) is 0 Å². The van der Waals surface area contributed by atoms with Crippen LogP contribution in [0, 0.1) is 23.7 Å². The molecule has 57 heavy (non-hydrogen) atoms. The van der Waals surface area contributed by atoms with Crippen molar-refractivity contribution in [3.05, 3.63) is 179 Å². The summed E-state index contributed by atoms with van der Waals surface area (Å²) in [6.45, 7) is 6.96. The minimum Gasteiger partial charge on any atom is -0.313 e. The summed E-state index contributed by atoms with van der Waals surface area (Å²) in [5, 5.41) is 2.67. The summed E-state index contributed by atoms with van der Waals surface area (Å²) < 4.78 is 2.66. The lowest BCUT2D eigenvalue weighted by atomic mass is 9.43. The van der Waals surface area contributed by atoms with E-state index in [9.17, 15) is 0 Å². The zero-order valence-electron chi connectivity index (χ0n) is 33.3. The van der Waals surface area contributed by atoms with Gasteiger partial charge in [0.25, 0.3) is 0 Å². The summed E-state index contributed by atoms with van der Waals surface area (Å²) in [7, 11) is 0. The van der Waals surface area contributed by atoms with Crippen LogP contribution in [0.5, 0.6) is 0 Å². The van der Waals surface area contributed by atoms with Crippen LogP contribution in [0.3, 0.4) is 0 Å². The third kappa shape index (κ3) is 4.63. The third-order valence-corrected chi connectivity index (χ3v) is 16.4. The number of nitrogens with zero attached hydrogens (tertiary/aromatic N) is 1. The van der Waals surface area contributed by atoms with Crippen LogP contribution in [-0.4, -0.2) is 0 Å². The molecule has 0 N–H and O–H groups in total. The van der Waals surface area contributed by atoms with Crippen molar-refractivity contribution < 1.29 is 0 Å². The molecular weight excluding hydrogens is 707 g/mol. The lowest BCUT2D eigenvalue weighted by Gasteiger charge is -2.61. The molecule has 0 atom stereocenters. The van der Waals surface area contributed by atoms with E-state index in [1.807, 2.05) is 11.3 Å². The predicted molar refractivity (Wildman–Crippen MR) is 242 cm³/mol. The van der Waals surface area contributed by atoms with Gasteiger partial charge >= 0.3 is 0 Å². The average Bonchev–Trinajstić information content (AvgIpc) is 3.84. The molecule has 0 saturated heterocycles. The zero-order chi connectivity index (χ0) is 38.0. The van der Waals surface area contributed by atoms with Gasteiger partial charge in [0.2, 0.25) is 0 Å². The fourth-order valence-electron chi connectivity index (χ4n) is 13.3. The molecule has 6 aromatic carbocycles. The molecule has 13 rings (SSSR count). The lowest BCUT2D eigenvalue weighted by Crippen LogP contribution is -2.55. The molecule has 4 saturated carbocycles. The highest BCUT2D eigenvalue weighted by molar-refractivity contribution is 7.26. The van der Waals surface area contributed by atoms with Gasteiger partial charge in [-0.15, -0.1) is 11.3 Å². The van der Waals surface area contributed by atoms with Crippen molar-refractivity contribution in [2.24, 2.45) is 23.7 Å². The number of allylic oxidation sites excluding steroid dienone is 4. The fraction of sp³-hybridized carbons (Fsp3) is 0.273. The zero-order valence-corrected chi connectivity index (χ0v) is 34.1.